The van der Waals surface area contributed by atoms with E-state index in [1.54, 1.807) is 6.92 Å². The Hall–Kier alpha value is 0.120. The maximum Gasteiger partial charge on any atom is 0.0906 e. The van der Waals surface area contributed by atoms with Crippen LogP contribution in [0.3, 0.4) is 0 Å². The molecule has 0 radical (unpaired) electrons. The summed E-state index contributed by atoms with van der Waals surface area (Å²) < 4.78 is 4.92. The number of rotatable bonds is 5. The molecular formula is C6H15IN2O2. The first kappa shape index (κ1) is 13.7. The molecule has 0 amide bonds. The van der Waals surface area contributed by atoms with Gasteiger partial charge in [-0.1, -0.05) is 0 Å². The molecule has 11 heavy (non-hydrogen) atoms. The summed E-state index contributed by atoms with van der Waals surface area (Å²) in [4.78, 5) is 3.88. The number of halogens is 1. The van der Waals surface area contributed by atoms with E-state index in [2.05, 4.69) is 4.99 Å². The van der Waals surface area contributed by atoms with Gasteiger partial charge < -0.3 is 15.6 Å². The molecule has 4 nitrogen and oxygen atoms in total. The molecule has 0 aliphatic heterocycles. The van der Waals surface area contributed by atoms with Crippen molar-refractivity contribution in [3.63, 3.8) is 0 Å². The van der Waals surface area contributed by atoms with E-state index in [1.807, 2.05) is 0 Å². The van der Waals surface area contributed by atoms with Crippen LogP contribution in [0.2, 0.25) is 0 Å². The summed E-state index contributed by atoms with van der Waals surface area (Å²) >= 11 is 0. The van der Waals surface area contributed by atoms with Crippen molar-refractivity contribution in [1.29, 1.82) is 0 Å². The fourth-order valence-electron chi connectivity index (χ4n) is 0.453. The zero-order valence-electron chi connectivity index (χ0n) is 6.62. The van der Waals surface area contributed by atoms with E-state index in [1.165, 1.54) is 0 Å². The highest BCUT2D eigenvalue weighted by atomic mass is 127. The third-order valence-corrected chi connectivity index (χ3v) is 0.832. The monoisotopic (exact) mass is 274 g/mol. The molecule has 0 bridgehead atoms. The molecule has 0 rings (SSSR count). The summed E-state index contributed by atoms with van der Waals surface area (Å²) in [5, 5.41) is 8.29. The Bertz CT molecular complexity index is 105. The normalized spacial score (nSPS) is 10.9. The van der Waals surface area contributed by atoms with Crippen molar-refractivity contribution in [2.24, 2.45) is 10.7 Å². The van der Waals surface area contributed by atoms with Crippen LogP contribution in [0.4, 0.5) is 0 Å². The predicted molar refractivity (Wildman–Crippen MR) is 55.5 cm³/mol. The van der Waals surface area contributed by atoms with Crippen LogP contribution in [0.1, 0.15) is 6.92 Å². The molecule has 0 heterocycles. The zero-order chi connectivity index (χ0) is 7.82. The molecule has 0 atom stereocenters. The van der Waals surface area contributed by atoms with Gasteiger partial charge in [-0.25, -0.2) is 0 Å². The average Bonchev–Trinajstić information content (AvgIpc) is 1.87. The minimum absolute atomic E-state index is 0. The second kappa shape index (κ2) is 10.1. The third-order valence-electron chi connectivity index (χ3n) is 0.832. The Balaban J connectivity index is 0. The van der Waals surface area contributed by atoms with Crippen molar-refractivity contribution in [2.75, 3.05) is 26.4 Å². The summed E-state index contributed by atoms with van der Waals surface area (Å²) in [5.41, 5.74) is 5.25. The number of aliphatic imine (C=N–C) groups is 1. The molecule has 0 aliphatic rings. The second-order valence-corrected chi connectivity index (χ2v) is 1.86. The smallest absolute Gasteiger partial charge is 0.0906 e. The first-order chi connectivity index (χ1) is 4.77. The number of aliphatic hydroxyl groups is 1. The van der Waals surface area contributed by atoms with Crippen LogP contribution in [-0.4, -0.2) is 37.3 Å². The number of nitrogens with two attached hydrogens (primary N) is 1. The van der Waals surface area contributed by atoms with E-state index in [4.69, 9.17) is 15.6 Å². The lowest BCUT2D eigenvalue weighted by molar-refractivity contribution is 0.0978. The predicted octanol–water partition coefficient (Wildman–Crippen LogP) is -0.00960. The molecule has 0 aromatic carbocycles. The van der Waals surface area contributed by atoms with E-state index in [0.717, 1.165) is 0 Å². The maximum atomic E-state index is 8.29. The lowest BCUT2D eigenvalue weighted by Crippen LogP contribution is -2.09. The van der Waals surface area contributed by atoms with Crippen molar-refractivity contribution in [3.05, 3.63) is 0 Å². The van der Waals surface area contributed by atoms with E-state index in [-0.39, 0.29) is 30.6 Å². The highest BCUT2D eigenvalue weighted by Crippen LogP contribution is 1.75. The van der Waals surface area contributed by atoms with Crippen LogP contribution >= 0.6 is 24.0 Å². The molecule has 0 aromatic heterocycles. The van der Waals surface area contributed by atoms with Crippen molar-refractivity contribution in [3.8, 4) is 0 Å². The molecular weight excluding hydrogens is 259 g/mol. The minimum Gasteiger partial charge on any atom is -0.394 e. The highest BCUT2D eigenvalue weighted by molar-refractivity contribution is 14.0. The molecule has 0 spiro atoms. The summed E-state index contributed by atoms with van der Waals surface area (Å²) in [5.74, 6) is 0.563. The lowest BCUT2D eigenvalue weighted by Gasteiger charge is -1.97. The van der Waals surface area contributed by atoms with Gasteiger partial charge in [0.15, 0.2) is 0 Å². The largest absolute Gasteiger partial charge is 0.394 e. The van der Waals surface area contributed by atoms with Crippen molar-refractivity contribution < 1.29 is 9.84 Å². The molecule has 0 fully saturated rings. The SMILES string of the molecule is CC(N)=NCCOCCO.I. The van der Waals surface area contributed by atoms with Crippen LogP contribution in [0.15, 0.2) is 4.99 Å². The van der Waals surface area contributed by atoms with Gasteiger partial charge in [0, 0.05) is 0 Å². The van der Waals surface area contributed by atoms with Gasteiger partial charge in [0.25, 0.3) is 0 Å². The number of ether oxygens (including phenoxy) is 1. The maximum absolute atomic E-state index is 8.29. The zero-order valence-corrected chi connectivity index (χ0v) is 8.95. The number of nitrogens with zero attached hydrogens (tertiary/aromatic N) is 1. The van der Waals surface area contributed by atoms with Crippen LogP contribution in [0.5, 0.6) is 0 Å². The number of hydrogen-bond acceptors (Lipinski definition) is 3. The Morgan fingerprint density at radius 2 is 2.18 bits per heavy atom. The average molecular weight is 274 g/mol. The van der Waals surface area contributed by atoms with Gasteiger partial charge in [-0.15, -0.1) is 24.0 Å². The molecule has 5 heteroatoms. The second-order valence-electron chi connectivity index (χ2n) is 1.86. The third kappa shape index (κ3) is 13.2. The van der Waals surface area contributed by atoms with Gasteiger partial charge in [-0.3, -0.25) is 4.99 Å². The van der Waals surface area contributed by atoms with Gasteiger partial charge in [-0.2, -0.15) is 0 Å². The summed E-state index contributed by atoms with van der Waals surface area (Å²) in [6, 6.07) is 0. The standard InChI is InChI=1S/C6H14N2O2.HI/c1-6(7)8-2-4-10-5-3-9;/h9H,2-5H2,1H3,(H2,7,8);1H. The van der Waals surface area contributed by atoms with Crippen molar-refractivity contribution in [1.82, 2.24) is 0 Å². The molecule has 0 aliphatic carbocycles. The van der Waals surface area contributed by atoms with Gasteiger partial charge in [0.2, 0.25) is 0 Å². The Labute approximate surface area is 83.9 Å². The molecule has 0 saturated carbocycles. The van der Waals surface area contributed by atoms with Crippen molar-refractivity contribution in [2.45, 2.75) is 6.92 Å². The molecule has 3 N–H and O–H groups in total. The molecule has 0 saturated heterocycles. The Morgan fingerprint density at radius 3 is 2.64 bits per heavy atom. The van der Waals surface area contributed by atoms with Crippen LogP contribution in [-0.2, 0) is 4.74 Å². The quantitative estimate of drug-likeness (QED) is 0.321. The van der Waals surface area contributed by atoms with Gasteiger partial charge >= 0.3 is 0 Å². The highest BCUT2D eigenvalue weighted by Gasteiger charge is 1.84. The van der Waals surface area contributed by atoms with Gasteiger partial charge in [-0.05, 0) is 6.92 Å². The summed E-state index contributed by atoms with van der Waals surface area (Å²) in [6.45, 7) is 3.26. The van der Waals surface area contributed by atoms with E-state index in [9.17, 15) is 0 Å². The minimum atomic E-state index is 0. The number of amidine groups is 1. The van der Waals surface area contributed by atoms with Crippen molar-refractivity contribution >= 4 is 29.8 Å². The fraction of sp³-hybridized carbons (Fsp3) is 0.833. The Kier molecular flexibility index (Phi) is 12.6. The Morgan fingerprint density at radius 1 is 1.55 bits per heavy atom. The van der Waals surface area contributed by atoms with E-state index >= 15 is 0 Å². The van der Waals surface area contributed by atoms with Crippen LogP contribution in [0, 0.1) is 0 Å². The molecule has 68 valence electrons. The van der Waals surface area contributed by atoms with Gasteiger partial charge in [0.05, 0.1) is 32.2 Å². The summed E-state index contributed by atoms with van der Waals surface area (Å²) in [6.07, 6.45) is 0. The number of hydrogen-bond donors (Lipinski definition) is 2. The first-order valence-corrected chi connectivity index (χ1v) is 3.22. The topological polar surface area (TPSA) is 67.8 Å². The van der Waals surface area contributed by atoms with E-state index < -0.39 is 0 Å². The van der Waals surface area contributed by atoms with Crippen LogP contribution < -0.4 is 5.73 Å². The first-order valence-electron chi connectivity index (χ1n) is 3.22. The lowest BCUT2D eigenvalue weighted by atomic mass is 10.6. The fourth-order valence-corrected chi connectivity index (χ4v) is 0.453. The molecule has 0 aromatic rings. The number of aliphatic hydroxyl groups excluding tert-OH is 1. The van der Waals surface area contributed by atoms with E-state index in [0.29, 0.717) is 25.6 Å². The van der Waals surface area contributed by atoms with Crippen LogP contribution in [0.25, 0.3) is 0 Å². The van der Waals surface area contributed by atoms with Gasteiger partial charge in [0.1, 0.15) is 0 Å². The summed E-state index contributed by atoms with van der Waals surface area (Å²) in [7, 11) is 0. The molecule has 0 unspecified atom stereocenters.